The predicted molar refractivity (Wildman–Crippen MR) is 77.6 cm³/mol. The monoisotopic (exact) mass is 275 g/mol. The van der Waals surface area contributed by atoms with Gasteiger partial charge in [0.05, 0.1) is 11.8 Å². The molecule has 1 aliphatic rings. The molecule has 4 heteroatoms. The Morgan fingerprint density at radius 3 is 2.35 bits per heavy atom. The molecule has 2 N–H and O–H groups in total. The third kappa shape index (κ3) is 3.18. The van der Waals surface area contributed by atoms with Gasteiger partial charge in [0.15, 0.2) is 0 Å². The normalized spacial score (nSPS) is 22.3. The van der Waals surface area contributed by atoms with Gasteiger partial charge in [0.2, 0.25) is 5.91 Å². The van der Waals surface area contributed by atoms with E-state index in [0.717, 1.165) is 24.1 Å². The van der Waals surface area contributed by atoms with Crippen molar-refractivity contribution in [3.05, 3.63) is 29.3 Å². The molecule has 1 saturated carbocycles. The summed E-state index contributed by atoms with van der Waals surface area (Å²) < 4.78 is 0. The molecule has 4 nitrogen and oxygen atoms in total. The number of nitrogens with one attached hydrogen (secondary N) is 1. The van der Waals surface area contributed by atoms with Crippen LogP contribution in [0.2, 0.25) is 0 Å². The molecule has 1 amide bonds. The first-order valence-corrected chi connectivity index (χ1v) is 7.10. The molecule has 0 saturated heterocycles. The molecule has 1 aliphatic carbocycles. The summed E-state index contributed by atoms with van der Waals surface area (Å²) in [7, 11) is 0. The number of aliphatic carboxylic acids is 1. The van der Waals surface area contributed by atoms with Gasteiger partial charge < -0.3 is 10.4 Å². The number of hydrogen-bond acceptors (Lipinski definition) is 2. The number of rotatable bonds is 3. The smallest absolute Gasteiger partial charge is 0.307 e. The van der Waals surface area contributed by atoms with E-state index in [-0.39, 0.29) is 5.91 Å². The SMILES string of the molecule is Cc1ccc(NC(=O)[C@@H]2CCCC[C@H]2C(=O)O)cc1C. The Hall–Kier alpha value is -1.84. The van der Waals surface area contributed by atoms with Crippen LogP contribution >= 0.6 is 0 Å². The van der Waals surface area contributed by atoms with Crippen LogP contribution in [0, 0.1) is 25.7 Å². The van der Waals surface area contributed by atoms with Gasteiger partial charge in [-0.15, -0.1) is 0 Å². The maximum atomic E-state index is 12.3. The lowest BCUT2D eigenvalue weighted by atomic mass is 9.78. The van der Waals surface area contributed by atoms with Crippen LogP contribution < -0.4 is 5.32 Å². The van der Waals surface area contributed by atoms with Crippen molar-refractivity contribution in [2.75, 3.05) is 5.32 Å². The Kier molecular flexibility index (Phi) is 4.42. The van der Waals surface area contributed by atoms with Crippen molar-refractivity contribution >= 4 is 17.6 Å². The molecule has 1 fully saturated rings. The lowest BCUT2D eigenvalue weighted by molar-refractivity contribution is -0.147. The Labute approximate surface area is 119 Å². The molecule has 1 aromatic rings. The first-order valence-electron chi connectivity index (χ1n) is 7.10. The Balaban J connectivity index is 2.09. The van der Waals surface area contributed by atoms with E-state index in [1.54, 1.807) is 0 Å². The van der Waals surface area contributed by atoms with Crippen molar-refractivity contribution in [1.82, 2.24) is 0 Å². The fraction of sp³-hybridized carbons (Fsp3) is 0.500. The Bertz CT molecular complexity index is 524. The van der Waals surface area contributed by atoms with Crippen LogP contribution in [-0.4, -0.2) is 17.0 Å². The standard InChI is InChI=1S/C16H21NO3/c1-10-7-8-12(9-11(10)2)17-15(18)13-5-3-4-6-14(13)16(19)20/h7-9,13-14H,3-6H2,1-2H3,(H,17,18)(H,19,20)/t13-,14-/m1/s1. The molecule has 0 radical (unpaired) electrons. The topological polar surface area (TPSA) is 66.4 Å². The molecule has 0 spiro atoms. The van der Waals surface area contributed by atoms with Crippen molar-refractivity contribution in [2.24, 2.45) is 11.8 Å². The average molecular weight is 275 g/mol. The number of anilines is 1. The molecular weight excluding hydrogens is 254 g/mol. The second-order valence-corrected chi connectivity index (χ2v) is 5.62. The molecule has 0 unspecified atom stereocenters. The summed E-state index contributed by atoms with van der Waals surface area (Å²) in [4.78, 5) is 23.5. The van der Waals surface area contributed by atoms with E-state index in [1.807, 2.05) is 32.0 Å². The summed E-state index contributed by atoms with van der Waals surface area (Å²) in [5.41, 5.74) is 3.03. The highest BCUT2D eigenvalue weighted by Gasteiger charge is 2.35. The average Bonchev–Trinajstić information content (AvgIpc) is 2.43. The second-order valence-electron chi connectivity index (χ2n) is 5.62. The number of amides is 1. The van der Waals surface area contributed by atoms with Crippen molar-refractivity contribution in [1.29, 1.82) is 0 Å². The van der Waals surface area contributed by atoms with E-state index < -0.39 is 17.8 Å². The van der Waals surface area contributed by atoms with Gasteiger partial charge >= 0.3 is 5.97 Å². The van der Waals surface area contributed by atoms with Crippen molar-refractivity contribution in [3.8, 4) is 0 Å². The van der Waals surface area contributed by atoms with E-state index in [4.69, 9.17) is 0 Å². The van der Waals surface area contributed by atoms with Gasteiger partial charge in [-0.1, -0.05) is 18.9 Å². The number of carboxylic acid groups (broad SMARTS) is 1. The van der Waals surface area contributed by atoms with Crippen LogP contribution in [0.1, 0.15) is 36.8 Å². The van der Waals surface area contributed by atoms with E-state index >= 15 is 0 Å². The van der Waals surface area contributed by atoms with Crippen LogP contribution in [-0.2, 0) is 9.59 Å². The minimum atomic E-state index is -0.857. The van der Waals surface area contributed by atoms with E-state index in [2.05, 4.69) is 5.32 Å². The van der Waals surface area contributed by atoms with Gasteiger partial charge in [0.25, 0.3) is 0 Å². The summed E-state index contributed by atoms with van der Waals surface area (Å²) in [6.07, 6.45) is 3.08. The number of aryl methyl sites for hydroxylation is 2. The third-order valence-corrected chi connectivity index (χ3v) is 4.19. The quantitative estimate of drug-likeness (QED) is 0.890. The number of carbonyl (C=O) groups is 2. The zero-order valence-electron chi connectivity index (χ0n) is 12.0. The van der Waals surface area contributed by atoms with Crippen LogP contribution in [0.15, 0.2) is 18.2 Å². The summed E-state index contributed by atoms with van der Waals surface area (Å²) >= 11 is 0. The Morgan fingerprint density at radius 1 is 1.10 bits per heavy atom. The minimum Gasteiger partial charge on any atom is -0.481 e. The van der Waals surface area contributed by atoms with Gasteiger partial charge in [0.1, 0.15) is 0 Å². The maximum Gasteiger partial charge on any atom is 0.307 e. The number of hydrogen-bond donors (Lipinski definition) is 2. The summed E-state index contributed by atoms with van der Waals surface area (Å²) in [6, 6.07) is 5.74. The van der Waals surface area contributed by atoms with Crippen molar-refractivity contribution < 1.29 is 14.7 Å². The molecular formula is C16H21NO3. The fourth-order valence-corrected chi connectivity index (χ4v) is 2.79. The highest BCUT2D eigenvalue weighted by molar-refractivity contribution is 5.95. The fourth-order valence-electron chi connectivity index (χ4n) is 2.79. The highest BCUT2D eigenvalue weighted by Crippen LogP contribution is 2.31. The first kappa shape index (κ1) is 14.6. The van der Waals surface area contributed by atoms with Crippen LogP contribution in [0.3, 0.4) is 0 Å². The Morgan fingerprint density at radius 2 is 1.75 bits per heavy atom. The third-order valence-electron chi connectivity index (χ3n) is 4.19. The van der Waals surface area contributed by atoms with Gasteiger partial charge in [-0.2, -0.15) is 0 Å². The molecule has 0 bridgehead atoms. The maximum absolute atomic E-state index is 12.3. The van der Waals surface area contributed by atoms with E-state index in [1.165, 1.54) is 5.56 Å². The lowest BCUT2D eigenvalue weighted by Gasteiger charge is -2.27. The van der Waals surface area contributed by atoms with Crippen LogP contribution in [0.4, 0.5) is 5.69 Å². The van der Waals surface area contributed by atoms with Crippen molar-refractivity contribution in [2.45, 2.75) is 39.5 Å². The molecule has 2 rings (SSSR count). The molecule has 0 heterocycles. The van der Waals surface area contributed by atoms with Gasteiger partial charge in [-0.3, -0.25) is 9.59 Å². The largest absolute Gasteiger partial charge is 0.481 e. The summed E-state index contributed by atoms with van der Waals surface area (Å²) in [5, 5.41) is 12.1. The van der Waals surface area contributed by atoms with Crippen molar-refractivity contribution in [3.63, 3.8) is 0 Å². The number of benzene rings is 1. The molecule has 0 aliphatic heterocycles. The highest BCUT2D eigenvalue weighted by atomic mass is 16.4. The minimum absolute atomic E-state index is 0.166. The molecule has 0 aromatic heterocycles. The second kappa shape index (κ2) is 6.07. The van der Waals surface area contributed by atoms with Gasteiger partial charge in [-0.05, 0) is 49.9 Å². The van der Waals surface area contributed by atoms with Gasteiger partial charge in [-0.25, -0.2) is 0 Å². The molecule has 20 heavy (non-hydrogen) atoms. The zero-order valence-corrected chi connectivity index (χ0v) is 12.0. The first-order chi connectivity index (χ1) is 9.49. The van der Waals surface area contributed by atoms with Gasteiger partial charge in [0, 0.05) is 5.69 Å². The molecule has 2 atom stereocenters. The van der Waals surface area contributed by atoms with E-state index in [0.29, 0.717) is 12.8 Å². The van der Waals surface area contributed by atoms with Crippen LogP contribution in [0.5, 0.6) is 0 Å². The van der Waals surface area contributed by atoms with Crippen LogP contribution in [0.25, 0.3) is 0 Å². The lowest BCUT2D eigenvalue weighted by Crippen LogP contribution is -2.36. The zero-order chi connectivity index (χ0) is 14.7. The van der Waals surface area contributed by atoms with E-state index in [9.17, 15) is 14.7 Å². The summed E-state index contributed by atoms with van der Waals surface area (Å²) in [6.45, 7) is 4.01. The number of carboxylic acids is 1. The predicted octanol–water partition coefficient (Wildman–Crippen LogP) is 3.13. The molecule has 1 aromatic carbocycles. The number of carbonyl (C=O) groups excluding carboxylic acids is 1. The molecule has 108 valence electrons. The summed E-state index contributed by atoms with van der Waals surface area (Å²) in [5.74, 6) is -1.98.